The summed E-state index contributed by atoms with van der Waals surface area (Å²) < 4.78 is 14.2. The zero-order valence-electron chi connectivity index (χ0n) is 17.8. The highest BCUT2D eigenvalue weighted by Crippen LogP contribution is 2.38. The third-order valence-electron chi connectivity index (χ3n) is 7.04. The van der Waals surface area contributed by atoms with Gasteiger partial charge in [-0.15, -0.1) is 5.10 Å². The summed E-state index contributed by atoms with van der Waals surface area (Å²) in [6, 6.07) is 11.1. The van der Waals surface area contributed by atoms with E-state index < -0.39 is 0 Å². The maximum atomic E-state index is 6.40. The molecule has 6 nitrogen and oxygen atoms in total. The van der Waals surface area contributed by atoms with Gasteiger partial charge in [0.15, 0.2) is 5.75 Å². The second kappa shape index (κ2) is 7.98. The Labute approximate surface area is 181 Å². The van der Waals surface area contributed by atoms with E-state index in [0.717, 1.165) is 40.8 Å². The summed E-state index contributed by atoms with van der Waals surface area (Å²) in [5.74, 6) is 0.744. The molecule has 0 unspecified atom stereocenters. The Morgan fingerprint density at radius 3 is 2.58 bits per heavy atom. The number of benzene rings is 2. The number of aromatic nitrogens is 4. The molecule has 0 radical (unpaired) electrons. The number of rotatable bonds is 4. The average Bonchev–Trinajstić information content (AvgIpc) is 3.47. The Morgan fingerprint density at radius 2 is 1.74 bits per heavy atom. The van der Waals surface area contributed by atoms with E-state index in [9.17, 15) is 0 Å². The third kappa shape index (κ3) is 3.48. The molecule has 4 aromatic rings. The lowest BCUT2D eigenvalue weighted by molar-refractivity contribution is 0.154. The van der Waals surface area contributed by atoms with Crippen LogP contribution in [-0.2, 0) is 0 Å². The molecule has 6 heteroatoms. The molecule has 2 aliphatic rings. The minimum absolute atomic E-state index is 0.235. The first-order valence-electron chi connectivity index (χ1n) is 11.8. The second-order valence-electron chi connectivity index (χ2n) is 9.09. The van der Waals surface area contributed by atoms with Crippen LogP contribution in [0.2, 0.25) is 0 Å². The minimum Gasteiger partial charge on any atom is -0.486 e. The zero-order valence-corrected chi connectivity index (χ0v) is 17.8. The molecule has 2 aromatic carbocycles. The van der Waals surface area contributed by atoms with Crippen molar-refractivity contribution in [3.8, 4) is 16.9 Å². The summed E-state index contributed by atoms with van der Waals surface area (Å²) in [6.07, 6.45) is 14.6. The Hall–Kier alpha value is -2.89. The predicted molar refractivity (Wildman–Crippen MR) is 120 cm³/mol. The standard InChI is InChI=1S/C25H28N4O2/c1-3-8-18(9-4-1)29-16-26-24-20(12-7-13-22(24)29)17-14-21-25(31-28-27-21)23(15-17)30-19-10-5-2-6-11-19/h7,12-16,18-19H,1-6,8-11H2. The number of hydrogen-bond acceptors (Lipinski definition) is 5. The van der Waals surface area contributed by atoms with Gasteiger partial charge in [0.25, 0.3) is 0 Å². The Morgan fingerprint density at radius 1 is 0.935 bits per heavy atom. The van der Waals surface area contributed by atoms with Gasteiger partial charge < -0.3 is 13.8 Å². The van der Waals surface area contributed by atoms with Crippen molar-refractivity contribution in [2.24, 2.45) is 0 Å². The molecule has 0 saturated heterocycles. The van der Waals surface area contributed by atoms with Crippen LogP contribution in [0.15, 0.2) is 41.2 Å². The van der Waals surface area contributed by atoms with Gasteiger partial charge in [0, 0.05) is 16.9 Å². The van der Waals surface area contributed by atoms with Crippen LogP contribution in [0.5, 0.6) is 5.75 Å². The molecule has 2 fully saturated rings. The summed E-state index contributed by atoms with van der Waals surface area (Å²) in [5.41, 5.74) is 5.75. The van der Waals surface area contributed by atoms with E-state index in [4.69, 9.17) is 14.2 Å². The van der Waals surface area contributed by atoms with E-state index in [1.165, 1.54) is 56.9 Å². The largest absolute Gasteiger partial charge is 0.486 e. The van der Waals surface area contributed by atoms with Gasteiger partial charge in [0.1, 0.15) is 5.52 Å². The molecular formula is C25H28N4O2. The Bertz CT molecular complexity index is 1200. The van der Waals surface area contributed by atoms with Crippen molar-refractivity contribution in [2.75, 3.05) is 0 Å². The molecule has 0 aliphatic heterocycles. The lowest BCUT2D eigenvalue weighted by Crippen LogP contribution is -2.19. The first-order chi connectivity index (χ1) is 15.4. The van der Waals surface area contributed by atoms with E-state index in [1.54, 1.807) is 0 Å². The van der Waals surface area contributed by atoms with Crippen LogP contribution in [0.25, 0.3) is 33.3 Å². The summed E-state index contributed by atoms with van der Waals surface area (Å²) >= 11 is 0. The van der Waals surface area contributed by atoms with Gasteiger partial charge >= 0.3 is 0 Å². The molecule has 160 valence electrons. The SMILES string of the molecule is c1cc(-c2cc(OC3CCCCC3)c3onnc3c2)c2ncn(C3CCCCC3)c2c1. The average molecular weight is 417 g/mol. The molecule has 2 heterocycles. The van der Waals surface area contributed by atoms with Gasteiger partial charge in [-0.3, -0.25) is 0 Å². The highest BCUT2D eigenvalue weighted by molar-refractivity contribution is 5.95. The van der Waals surface area contributed by atoms with Crippen molar-refractivity contribution >= 4 is 22.1 Å². The molecule has 0 amide bonds. The van der Waals surface area contributed by atoms with E-state index in [2.05, 4.69) is 39.2 Å². The van der Waals surface area contributed by atoms with Crippen LogP contribution in [0.3, 0.4) is 0 Å². The molecule has 2 saturated carbocycles. The first-order valence-corrected chi connectivity index (χ1v) is 11.8. The second-order valence-corrected chi connectivity index (χ2v) is 9.09. The number of fused-ring (bicyclic) bond motifs is 2. The molecule has 0 N–H and O–H groups in total. The van der Waals surface area contributed by atoms with E-state index in [-0.39, 0.29) is 6.10 Å². The topological polar surface area (TPSA) is 66.0 Å². The predicted octanol–water partition coefficient (Wildman–Crippen LogP) is 6.46. The minimum atomic E-state index is 0.235. The van der Waals surface area contributed by atoms with Gasteiger partial charge in [-0.2, -0.15) is 0 Å². The number of nitrogens with zero attached hydrogens (tertiary/aromatic N) is 4. The Kier molecular flexibility index (Phi) is 4.85. The lowest BCUT2D eigenvalue weighted by Gasteiger charge is -2.23. The van der Waals surface area contributed by atoms with Gasteiger partial charge in [-0.25, -0.2) is 4.98 Å². The lowest BCUT2D eigenvalue weighted by atomic mass is 9.95. The number of para-hydroxylation sites is 1. The highest BCUT2D eigenvalue weighted by atomic mass is 16.5. The number of imidazole rings is 1. The fourth-order valence-corrected chi connectivity index (χ4v) is 5.40. The van der Waals surface area contributed by atoms with Crippen molar-refractivity contribution in [1.29, 1.82) is 0 Å². The molecular weight excluding hydrogens is 388 g/mol. The van der Waals surface area contributed by atoms with Crippen molar-refractivity contribution < 1.29 is 9.26 Å². The van der Waals surface area contributed by atoms with Crippen molar-refractivity contribution in [1.82, 2.24) is 19.9 Å². The zero-order chi connectivity index (χ0) is 20.6. The summed E-state index contributed by atoms with van der Waals surface area (Å²) in [5, 5.41) is 7.99. The van der Waals surface area contributed by atoms with Crippen molar-refractivity contribution in [3.63, 3.8) is 0 Å². The third-order valence-corrected chi connectivity index (χ3v) is 7.04. The van der Waals surface area contributed by atoms with E-state index in [0.29, 0.717) is 11.6 Å². The highest BCUT2D eigenvalue weighted by Gasteiger charge is 2.22. The summed E-state index contributed by atoms with van der Waals surface area (Å²) in [7, 11) is 0. The van der Waals surface area contributed by atoms with Gasteiger partial charge in [0.05, 0.1) is 23.5 Å². The maximum absolute atomic E-state index is 6.40. The van der Waals surface area contributed by atoms with Crippen LogP contribution in [0, 0.1) is 0 Å². The molecule has 0 bridgehead atoms. The number of ether oxygens (including phenoxy) is 1. The molecule has 0 atom stereocenters. The molecule has 0 spiro atoms. The van der Waals surface area contributed by atoms with E-state index >= 15 is 0 Å². The van der Waals surface area contributed by atoms with Gasteiger partial charge in [-0.05, 0) is 62.3 Å². The van der Waals surface area contributed by atoms with Crippen LogP contribution >= 0.6 is 0 Å². The van der Waals surface area contributed by atoms with Gasteiger partial charge in [-0.1, -0.05) is 37.8 Å². The van der Waals surface area contributed by atoms with Gasteiger partial charge in [0.2, 0.25) is 5.58 Å². The quantitative estimate of drug-likeness (QED) is 0.382. The van der Waals surface area contributed by atoms with Crippen molar-refractivity contribution in [3.05, 3.63) is 36.7 Å². The smallest absolute Gasteiger partial charge is 0.229 e. The Balaban J connectivity index is 1.42. The molecule has 31 heavy (non-hydrogen) atoms. The van der Waals surface area contributed by atoms with Crippen molar-refractivity contribution in [2.45, 2.75) is 76.4 Å². The summed E-state index contributed by atoms with van der Waals surface area (Å²) in [6.45, 7) is 0. The molecule has 2 aliphatic carbocycles. The molecule has 6 rings (SSSR count). The fraction of sp³-hybridized carbons (Fsp3) is 0.480. The maximum Gasteiger partial charge on any atom is 0.229 e. The van der Waals surface area contributed by atoms with Crippen LogP contribution in [0.4, 0.5) is 0 Å². The van der Waals surface area contributed by atoms with Crippen LogP contribution < -0.4 is 4.74 Å². The fourth-order valence-electron chi connectivity index (χ4n) is 5.40. The monoisotopic (exact) mass is 416 g/mol. The van der Waals surface area contributed by atoms with Crippen LogP contribution in [0.1, 0.15) is 70.3 Å². The molecule has 2 aromatic heterocycles. The number of hydrogen-bond donors (Lipinski definition) is 0. The first kappa shape index (κ1) is 18.8. The summed E-state index contributed by atoms with van der Waals surface area (Å²) in [4.78, 5) is 4.85. The normalized spacial score (nSPS) is 18.7. The van der Waals surface area contributed by atoms with E-state index in [1.807, 2.05) is 12.4 Å². The van der Waals surface area contributed by atoms with Crippen LogP contribution in [-0.4, -0.2) is 26.0 Å².